The fourth-order valence-corrected chi connectivity index (χ4v) is 2.39. The number of aromatic amines is 1. The Labute approximate surface area is 145 Å². The molecule has 3 N–H and O–H groups in total. The lowest BCUT2D eigenvalue weighted by Crippen LogP contribution is -2.15. The van der Waals surface area contributed by atoms with Crippen molar-refractivity contribution in [3.63, 3.8) is 0 Å². The number of hydrogen-bond donors (Lipinski definition) is 2. The molecule has 3 rings (SSSR count). The van der Waals surface area contributed by atoms with Gasteiger partial charge in [0.05, 0.1) is 11.7 Å². The van der Waals surface area contributed by atoms with Crippen molar-refractivity contribution in [1.82, 2.24) is 15.0 Å². The van der Waals surface area contributed by atoms with Gasteiger partial charge in [-0.15, -0.1) is 0 Å². The summed E-state index contributed by atoms with van der Waals surface area (Å²) < 4.78 is 4.71. The number of hydrogen-bond acceptors (Lipinski definition) is 5. The first-order chi connectivity index (χ1) is 12.3. The van der Waals surface area contributed by atoms with Crippen LogP contribution < -0.4 is 5.73 Å². The lowest BCUT2D eigenvalue weighted by atomic mass is 10.1. The maximum Gasteiger partial charge on any atom is 0.293 e. The number of carbonyl (C=O) groups is 1. The minimum Gasteiger partial charge on any atom is -0.466 e. The van der Waals surface area contributed by atoms with Crippen molar-refractivity contribution in [1.29, 1.82) is 0 Å². The first-order valence-electron chi connectivity index (χ1n) is 7.80. The van der Waals surface area contributed by atoms with Crippen LogP contribution in [-0.4, -0.2) is 28.0 Å². The van der Waals surface area contributed by atoms with Gasteiger partial charge >= 0.3 is 0 Å². The third kappa shape index (κ3) is 4.39. The zero-order chi connectivity index (χ0) is 17.5. The number of nitrogens with two attached hydrogens (primary N) is 1. The molecule has 1 atom stereocenters. The molecular weight excluding hydrogens is 316 g/mol. The number of rotatable bonds is 7. The smallest absolute Gasteiger partial charge is 0.293 e. The highest BCUT2D eigenvalue weighted by atomic mass is 16.5. The zero-order valence-electron chi connectivity index (χ0n) is 13.5. The van der Waals surface area contributed by atoms with E-state index in [2.05, 4.69) is 15.0 Å². The summed E-state index contributed by atoms with van der Waals surface area (Å²) in [5, 5.41) is 0. The van der Waals surface area contributed by atoms with E-state index in [1.165, 1.54) is 0 Å². The van der Waals surface area contributed by atoms with Crippen molar-refractivity contribution in [2.75, 3.05) is 6.61 Å². The summed E-state index contributed by atoms with van der Waals surface area (Å²) in [5.41, 5.74) is 10.6. The summed E-state index contributed by atoms with van der Waals surface area (Å²) in [4.78, 5) is 21.9. The lowest BCUT2D eigenvalue weighted by molar-refractivity contribution is -0.129. The Balaban J connectivity index is 1.76. The molecular formula is C19H18N4O2. The fraction of sp³-hybridized carbons (Fsp3) is 0.105. The molecule has 126 valence electrons. The van der Waals surface area contributed by atoms with Gasteiger partial charge in [-0.05, 0) is 41.5 Å². The number of ether oxygens (including phenoxy) is 1. The van der Waals surface area contributed by atoms with Crippen LogP contribution in [0.2, 0.25) is 0 Å². The van der Waals surface area contributed by atoms with Gasteiger partial charge in [-0.3, -0.25) is 14.8 Å². The standard InChI is InChI=1S/C19H18N4O2/c20-18(12-25-13-24)16-9-19(23-11-16)15-5-7-22-17(8-15)4-3-14-2-1-6-21-10-14/h1-11,13,18,23H,12,20H2/b4-3+. The normalized spacial score (nSPS) is 12.2. The Morgan fingerprint density at radius 3 is 2.96 bits per heavy atom. The molecule has 0 saturated heterocycles. The van der Waals surface area contributed by atoms with Gasteiger partial charge in [0.2, 0.25) is 0 Å². The highest BCUT2D eigenvalue weighted by Crippen LogP contribution is 2.22. The molecule has 0 saturated carbocycles. The molecule has 0 radical (unpaired) electrons. The summed E-state index contributed by atoms with van der Waals surface area (Å²) in [6, 6.07) is 9.36. The summed E-state index contributed by atoms with van der Waals surface area (Å²) in [6.45, 7) is 0.549. The van der Waals surface area contributed by atoms with Crippen molar-refractivity contribution < 1.29 is 9.53 Å². The molecule has 6 heteroatoms. The SMILES string of the molecule is NC(COC=O)c1c[nH]c(-c2ccnc(/C=C/c3cccnc3)c2)c1. The van der Waals surface area contributed by atoms with Gasteiger partial charge in [0, 0.05) is 36.0 Å². The number of aromatic nitrogens is 3. The molecule has 3 heterocycles. The third-order valence-corrected chi connectivity index (χ3v) is 3.70. The van der Waals surface area contributed by atoms with E-state index >= 15 is 0 Å². The maximum atomic E-state index is 10.3. The van der Waals surface area contributed by atoms with Crippen molar-refractivity contribution in [2.24, 2.45) is 5.73 Å². The molecule has 3 aromatic heterocycles. The van der Waals surface area contributed by atoms with E-state index in [0.29, 0.717) is 6.47 Å². The zero-order valence-corrected chi connectivity index (χ0v) is 13.5. The average molecular weight is 334 g/mol. The lowest BCUT2D eigenvalue weighted by Gasteiger charge is -2.06. The Morgan fingerprint density at radius 2 is 2.16 bits per heavy atom. The highest BCUT2D eigenvalue weighted by molar-refractivity contribution is 5.70. The molecule has 0 aromatic carbocycles. The Bertz CT molecular complexity index is 859. The van der Waals surface area contributed by atoms with Crippen molar-refractivity contribution in [2.45, 2.75) is 6.04 Å². The highest BCUT2D eigenvalue weighted by Gasteiger charge is 2.10. The molecule has 25 heavy (non-hydrogen) atoms. The molecule has 0 aliphatic heterocycles. The van der Waals surface area contributed by atoms with Crippen LogP contribution in [0.4, 0.5) is 0 Å². The number of nitrogens with zero attached hydrogens (tertiary/aromatic N) is 2. The van der Waals surface area contributed by atoms with Gasteiger partial charge in [0.25, 0.3) is 6.47 Å². The van der Waals surface area contributed by atoms with E-state index in [1.54, 1.807) is 18.6 Å². The fourth-order valence-electron chi connectivity index (χ4n) is 2.39. The van der Waals surface area contributed by atoms with Gasteiger partial charge in [-0.25, -0.2) is 0 Å². The largest absolute Gasteiger partial charge is 0.466 e. The second-order valence-corrected chi connectivity index (χ2v) is 5.47. The summed E-state index contributed by atoms with van der Waals surface area (Å²) in [5.74, 6) is 0. The first-order valence-corrected chi connectivity index (χ1v) is 7.80. The van der Waals surface area contributed by atoms with Crippen molar-refractivity contribution in [3.05, 3.63) is 71.9 Å². The van der Waals surface area contributed by atoms with Crippen LogP contribution in [0.5, 0.6) is 0 Å². The predicted molar refractivity (Wildman–Crippen MR) is 96.1 cm³/mol. The van der Waals surface area contributed by atoms with E-state index in [1.807, 2.05) is 48.7 Å². The van der Waals surface area contributed by atoms with Gasteiger partial charge in [-0.2, -0.15) is 0 Å². The van der Waals surface area contributed by atoms with E-state index in [-0.39, 0.29) is 12.6 Å². The second-order valence-electron chi connectivity index (χ2n) is 5.47. The molecule has 0 spiro atoms. The predicted octanol–water partition coefficient (Wildman–Crippen LogP) is 2.81. The molecule has 0 bridgehead atoms. The number of pyridine rings is 2. The monoisotopic (exact) mass is 334 g/mol. The molecule has 3 aromatic rings. The molecule has 6 nitrogen and oxygen atoms in total. The van der Waals surface area contributed by atoms with Crippen LogP contribution in [0.3, 0.4) is 0 Å². The first kappa shape index (κ1) is 16.6. The van der Waals surface area contributed by atoms with Crippen LogP contribution in [0.25, 0.3) is 23.4 Å². The van der Waals surface area contributed by atoms with Crippen LogP contribution in [0.1, 0.15) is 22.9 Å². The summed E-state index contributed by atoms with van der Waals surface area (Å²) >= 11 is 0. The topological polar surface area (TPSA) is 93.9 Å². The average Bonchev–Trinajstić information content (AvgIpc) is 3.16. The van der Waals surface area contributed by atoms with Gasteiger partial charge < -0.3 is 15.5 Å². The third-order valence-electron chi connectivity index (χ3n) is 3.70. The molecule has 1 unspecified atom stereocenters. The number of H-pyrrole nitrogens is 1. The number of nitrogens with one attached hydrogen (secondary N) is 1. The van der Waals surface area contributed by atoms with Gasteiger partial charge in [0.1, 0.15) is 6.61 Å². The van der Waals surface area contributed by atoms with Crippen LogP contribution in [0, 0.1) is 0 Å². The van der Waals surface area contributed by atoms with Crippen LogP contribution in [0.15, 0.2) is 55.1 Å². The van der Waals surface area contributed by atoms with E-state index in [0.717, 1.165) is 28.1 Å². The van der Waals surface area contributed by atoms with Gasteiger partial charge in [0.15, 0.2) is 0 Å². The number of carbonyl (C=O) groups excluding carboxylic acids is 1. The van der Waals surface area contributed by atoms with Gasteiger partial charge in [-0.1, -0.05) is 12.1 Å². The Kier molecular flexibility index (Phi) is 5.33. The Hall–Kier alpha value is -3.25. The van der Waals surface area contributed by atoms with Crippen molar-refractivity contribution >= 4 is 18.6 Å². The van der Waals surface area contributed by atoms with E-state index in [9.17, 15) is 4.79 Å². The minimum absolute atomic E-state index is 0.149. The molecule has 0 aliphatic carbocycles. The molecule has 0 fully saturated rings. The maximum absolute atomic E-state index is 10.3. The molecule has 0 aliphatic rings. The minimum atomic E-state index is -0.359. The molecule has 0 amide bonds. The van der Waals surface area contributed by atoms with E-state index in [4.69, 9.17) is 10.5 Å². The van der Waals surface area contributed by atoms with Crippen molar-refractivity contribution in [3.8, 4) is 11.3 Å². The van der Waals surface area contributed by atoms with E-state index < -0.39 is 0 Å². The Morgan fingerprint density at radius 1 is 1.24 bits per heavy atom. The van der Waals surface area contributed by atoms with Crippen LogP contribution in [-0.2, 0) is 9.53 Å². The van der Waals surface area contributed by atoms with Crippen LogP contribution >= 0.6 is 0 Å². The summed E-state index contributed by atoms with van der Waals surface area (Å²) in [6.07, 6.45) is 11.0. The second kappa shape index (κ2) is 8.03. The quantitative estimate of drug-likeness (QED) is 0.648. The summed E-state index contributed by atoms with van der Waals surface area (Å²) in [7, 11) is 0.